The number of halogens is 1. The summed E-state index contributed by atoms with van der Waals surface area (Å²) in [7, 11) is 0. The second-order valence-electron chi connectivity index (χ2n) is 3.76. The molecule has 2 unspecified atom stereocenters. The van der Waals surface area contributed by atoms with Gasteiger partial charge in [-0.05, 0) is 39.2 Å². The van der Waals surface area contributed by atoms with Crippen LogP contribution in [0.2, 0.25) is 0 Å². The summed E-state index contributed by atoms with van der Waals surface area (Å²) < 4.78 is 1.15. The van der Waals surface area contributed by atoms with Gasteiger partial charge in [-0.1, -0.05) is 20.8 Å². The van der Waals surface area contributed by atoms with Crippen LogP contribution in [0.15, 0.2) is 15.9 Å². The molecule has 1 aromatic heterocycles. The molecule has 13 heavy (non-hydrogen) atoms. The van der Waals surface area contributed by atoms with E-state index in [-0.39, 0.29) is 6.04 Å². The molecule has 0 fully saturated rings. The topological polar surface area (TPSA) is 26.0 Å². The first-order valence-corrected chi connectivity index (χ1v) is 6.19. The van der Waals surface area contributed by atoms with E-state index in [2.05, 4.69) is 48.1 Å². The van der Waals surface area contributed by atoms with Crippen LogP contribution in [0.3, 0.4) is 0 Å². The lowest BCUT2D eigenvalue weighted by Gasteiger charge is -2.22. The molecule has 74 valence electrons. The number of thiophene rings is 1. The Kier molecular flexibility index (Phi) is 3.95. The molecule has 0 spiro atoms. The van der Waals surface area contributed by atoms with Gasteiger partial charge in [-0.25, -0.2) is 0 Å². The number of hydrogen-bond acceptors (Lipinski definition) is 2. The minimum absolute atomic E-state index is 0.161. The van der Waals surface area contributed by atoms with Crippen LogP contribution in [0, 0.1) is 11.8 Å². The van der Waals surface area contributed by atoms with Crippen LogP contribution < -0.4 is 5.73 Å². The lowest BCUT2D eigenvalue weighted by atomic mass is 9.90. The van der Waals surface area contributed by atoms with E-state index in [1.165, 1.54) is 4.88 Å². The van der Waals surface area contributed by atoms with Crippen molar-refractivity contribution in [1.82, 2.24) is 0 Å². The van der Waals surface area contributed by atoms with E-state index < -0.39 is 0 Å². The Morgan fingerprint density at radius 1 is 1.38 bits per heavy atom. The van der Waals surface area contributed by atoms with Crippen LogP contribution >= 0.6 is 27.3 Å². The maximum Gasteiger partial charge on any atom is 0.0429 e. The summed E-state index contributed by atoms with van der Waals surface area (Å²) in [6.45, 7) is 6.64. The molecule has 0 bridgehead atoms. The van der Waals surface area contributed by atoms with Crippen molar-refractivity contribution in [3.8, 4) is 0 Å². The van der Waals surface area contributed by atoms with Crippen LogP contribution in [0.1, 0.15) is 31.7 Å². The van der Waals surface area contributed by atoms with Crippen molar-refractivity contribution in [3.63, 3.8) is 0 Å². The van der Waals surface area contributed by atoms with Crippen LogP contribution in [0.25, 0.3) is 0 Å². The van der Waals surface area contributed by atoms with E-state index in [1.807, 2.05) is 0 Å². The van der Waals surface area contributed by atoms with Crippen molar-refractivity contribution >= 4 is 27.3 Å². The Morgan fingerprint density at radius 3 is 2.38 bits per heavy atom. The van der Waals surface area contributed by atoms with E-state index in [0.717, 1.165) is 4.47 Å². The lowest BCUT2D eigenvalue weighted by Crippen LogP contribution is -2.22. The molecular formula is C10H16BrNS. The van der Waals surface area contributed by atoms with Crippen molar-refractivity contribution < 1.29 is 0 Å². The monoisotopic (exact) mass is 261 g/mol. The number of hydrogen-bond donors (Lipinski definition) is 1. The molecule has 0 aromatic carbocycles. The molecule has 1 nitrogen and oxygen atoms in total. The summed E-state index contributed by atoms with van der Waals surface area (Å²) in [5.74, 6) is 1.15. The summed E-state index contributed by atoms with van der Waals surface area (Å²) in [6.07, 6.45) is 0. The van der Waals surface area contributed by atoms with Crippen LogP contribution in [-0.2, 0) is 0 Å². The van der Waals surface area contributed by atoms with Crippen LogP contribution in [0.5, 0.6) is 0 Å². The van der Waals surface area contributed by atoms with Crippen LogP contribution in [-0.4, -0.2) is 0 Å². The first kappa shape index (κ1) is 11.2. The molecule has 0 amide bonds. The van der Waals surface area contributed by atoms with Gasteiger partial charge in [0.2, 0.25) is 0 Å². The lowest BCUT2D eigenvalue weighted by molar-refractivity contribution is 0.355. The Bertz CT molecular complexity index is 270. The first-order valence-electron chi connectivity index (χ1n) is 4.52. The molecule has 0 saturated heterocycles. The molecule has 1 aromatic rings. The number of rotatable bonds is 3. The predicted molar refractivity (Wildman–Crippen MR) is 62.9 cm³/mol. The molecule has 2 N–H and O–H groups in total. The van der Waals surface area contributed by atoms with Gasteiger partial charge in [-0.15, -0.1) is 11.3 Å². The normalized spacial score (nSPS) is 16.2. The van der Waals surface area contributed by atoms with Gasteiger partial charge in [0.05, 0.1) is 0 Å². The van der Waals surface area contributed by atoms with Gasteiger partial charge in [0.1, 0.15) is 0 Å². The molecule has 1 heterocycles. The highest BCUT2D eigenvalue weighted by Crippen LogP contribution is 2.34. The Hall–Kier alpha value is 0.140. The van der Waals surface area contributed by atoms with Gasteiger partial charge in [-0.3, -0.25) is 0 Å². The molecule has 0 radical (unpaired) electrons. The third kappa shape index (κ3) is 2.55. The minimum Gasteiger partial charge on any atom is -0.323 e. The second-order valence-corrected chi connectivity index (χ2v) is 5.56. The van der Waals surface area contributed by atoms with E-state index in [0.29, 0.717) is 11.8 Å². The summed E-state index contributed by atoms with van der Waals surface area (Å²) >= 11 is 5.25. The zero-order valence-electron chi connectivity index (χ0n) is 8.25. The zero-order chi connectivity index (χ0) is 10.0. The minimum atomic E-state index is 0.161. The largest absolute Gasteiger partial charge is 0.323 e. The number of nitrogens with two attached hydrogens (primary N) is 1. The summed E-state index contributed by atoms with van der Waals surface area (Å²) in [4.78, 5) is 1.27. The maximum atomic E-state index is 6.17. The van der Waals surface area contributed by atoms with Gasteiger partial charge in [0, 0.05) is 15.4 Å². The average molecular weight is 262 g/mol. The summed E-state index contributed by atoms with van der Waals surface area (Å²) in [6, 6.07) is 2.22. The molecule has 0 aliphatic rings. The SMILES string of the molecule is CC(C)C(C)C(N)c1sccc1Br. The van der Waals surface area contributed by atoms with E-state index >= 15 is 0 Å². The fourth-order valence-corrected chi connectivity index (χ4v) is 2.95. The van der Waals surface area contributed by atoms with Gasteiger partial charge in [-0.2, -0.15) is 0 Å². The van der Waals surface area contributed by atoms with Crippen molar-refractivity contribution in [2.24, 2.45) is 17.6 Å². The summed E-state index contributed by atoms with van der Waals surface area (Å²) in [5.41, 5.74) is 6.17. The molecule has 0 saturated carbocycles. The van der Waals surface area contributed by atoms with E-state index in [9.17, 15) is 0 Å². The average Bonchev–Trinajstić information content (AvgIpc) is 2.48. The van der Waals surface area contributed by atoms with Gasteiger partial charge in [0.25, 0.3) is 0 Å². The third-order valence-electron chi connectivity index (χ3n) is 2.57. The Balaban J connectivity index is 2.79. The molecule has 3 heteroatoms. The van der Waals surface area contributed by atoms with Crippen molar-refractivity contribution in [1.29, 1.82) is 0 Å². The molecular weight excluding hydrogens is 246 g/mol. The molecule has 0 aliphatic carbocycles. The quantitative estimate of drug-likeness (QED) is 0.880. The third-order valence-corrected chi connectivity index (χ3v) is 4.54. The van der Waals surface area contributed by atoms with E-state index in [1.54, 1.807) is 11.3 Å². The molecule has 2 atom stereocenters. The van der Waals surface area contributed by atoms with Gasteiger partial charge in [0.15, 0.2) is 0 Å². The highest BCUT2D eigenvalue weighted by Gasteiger charge is 2.20. The van der Waals surface area contributed by atoms with Crippen LogP contribution in [0.4, 0.5) is 0 Å². The summed E-state index contributed by atoms with van der Waals surface area (Å²) in [5, 5.41) is 2.08. The zero-order valence-corrected chi connectivity index (χ0v) is 10.7. The fraction of sp³-hybridized carbons (Fsp3) is 0.600. The highest BCUT2D eigenvalue weighted by molar-refractivity contribution is 9.10. The maximum absolute atomic E-state index is 6.17. The van der Waals surface area contributed by atoms with Gasteiger partial charge >= 0.3 is 0 Å². The standard InChI is InChI=1S/C10H16BrNS/c1-6(2)7(3)9(12)10-8(11)4-5-13-10/h4-7,9H,12H2,1-3H3. The molecule has 0 aliphatic heterocycles. The van der Waals surface area contributed by atoms with E-state index in [4.69, 9.17) is 5.73 Å². The Labute approximate surface area is 92.5 Å². The van der Waals surface area contributed by atoms with Crippen molar-refractivity contribution in [2.75, 3.05) is 0 Å². The smallest absolute Gasteiger partial charge is 0.0429 e. The predicted octanol–water partition coefficient (Wildman–Crippen LogP) is 3.80. The van der Waals surface area contributed by atoms with Gasteiger partial charge < -0.3 is 5.73 Å². The van der Waals surface area contributed by atoms with Crippen molar-refractivity contribution in [2.45, 2.75) is 26.8 Å². The molecule has 1 rings (SSSR count). The Morgan fingerprint density at radius 2 is 2.00 bits per heavy atom. The van der Waals surface area contributed by atoms with Crippen molar-refractivity contribution in [3.05, 3.63) is 20.8 Å². The fourth-order valence-electron chi connectivity index (χ4n) is 1.20. The first-order chi connectivity index (χ1) is 6.04. The second kappa shape index (κ2) is 4.58. The highest BCUT2D eigenvalue weighted by atomic mass is 79.9.